The Balaban J connectivity index is 1.52. The molecule has 2 aromatic rings. The van der Waals surface area contributed by atoms with Crippen molar-refractivity contribution >= 4 is 34.7 Å². The van der Waals surface area contributed by atoms with Crippen molar-refractivity contribution in [3.63, 3.8) is 0 Å². The van der Waals surface area contributed by atoms with Crippen molar-refractivity contribution in [3.8, 4) is 0 Å². The third-order valence-electron chi connectivity index (χ3n) is 4.04. The first-order valence-corrected chi connectivity index (χ1v) is 9.47. The van der Waals surface area contributed by atoms with Crippen LogP contribution < -0.4 is 15.5 Å². The lowest BCUT2D eigenvalue weighted by Gasteiger charge is -2.20. The van der Waals surface area contributed by atoms with Crippen molar-refractivity contribution < 1.29 is 13.2 Å². The van der Waals surface area contributed by atoms with Crippen LogP contribution in [-0.4, -0.2) is 42.1 Å². The molecule has 0 bridgehead atoms. The Morgan fingerprint density at radius 2 is 2.30 bits per heavy atom. The summed E-state index contributed by atoms with van der Waals surface area (Å²) >= 11 is 7.15. The highest BCUT2D eigenvalue weighted by atomic mass is 35.5. The van der Waals surface area contributed by atoms with Crippen molar-refractivity contribution in [2.24, 2.45) is 4.99 Å². The van der Waals surface area contributed by atoms with Crippen LogP contribution in [0.1, 0.15) is 17.1 Å². The number of halogens is 4. The maximum absolute atomic E-state index is 12.6. The topological polar surface area (TPSA) is 65.4 Å². The maximum Gasteiger partial charge on any atom is 0.434 e. The second-order valence-corrected chi connectivity index (χ2v) is 7.28. The van der Waals surface area contributed by atoms with Crippen LogP contribution in [0.5, 0.6) is 0 Å². The average Bonchev–Trinajstić information content (AvgIpc) is 3.28. The Labute approximate surface area is 163 Å². The minimum atomic E-state index is -4.42. The highest BCUT2D eigenvalue weighted by Crippen LogP contribution is 2.30. The van der Waals surface area contributed by atoms with Gasteiger partial charge in [-0.1, -0.05) is 11.6 Å². The zero-order valence-corrected chi connectivity index (χ0v) is 16.0. The molecule has 0 saturated carbocycles. The number of alkyl halides is 3. The van der Waals surface area contributed by atoms with E-state index in [1.54, 1.807) is 25.4 Å². The van der Waals surface area contributed by atoms with Gasteiger partial charge in [0, 0.05) is 37.8 Å². The summed E-state index contributed by atoms with van der Waals surface area (Å²) in [6.45, 7) is 1.67. The molecule has 1 fully saturated rings. The largest absolute Gasteiger partial charge is 0.434 e. The molecule has 6 nitrogen and oxygen atoms in total. The van der Waals surface area contributed by atoms with E-state index in [0.717, 1.165) is 35.5 Å². The maximum atomic E-state index is 12.6. The van der Waals surface area contributed by atoms with Crippen molar-refractivity contribution in [3.05, 3.63) is 39.4 Å². The zero-order chi connectivity index (χ0) is 19.4. The van der Waals surface area contributed by atoms with Crippen molar-refractivity contribution in [1.29, 1.82) is 0 Å². The van der Waals surface area contributed by atoms with E-state index in [-0.39, 0.29) is 12.6 Å². The Kier molecular flexibility index (Phi) is 6.05. The van der Waals surface area contributed by atoms with E-state index in [2.05, 4.69) is 30.5 Å². The number of hydrogen-bond acceptors (Lipinski definition) is 5. The number of guanidine groups is 1. The summed E-state index contributed by atoms with van der Waals surface area (Å²) in [5, 5.41) is 8.24. The minimum Gasteiger partial charge on any atom is -0.353 e. The predicted octanol–water partition coefficient (Wildman–Crippen LogP) is 3.15. The number of aliphatic imine (C=N–C) groups is 1. The second kappa shape index (κ2) is 8.30. The molecule has 0 radical (unpaired) electrons. The quantitative estimate of drug-likeness (QED) is 0.590. The standard InChI is InChI=1S/C16H18ClF3N6S/c1-21-15(23-7-13-25-12(9-27-13)16(18,19)20)24-10-4-6-26(8-10)14-11(17)3-2-5-22-14/h2-3,5,9-10H,4,6-8H2,1H3,(H2,21,23,24). The molecule has 2 aromatic heterocycles. The number of aromatic nitrogens is 2. The van der Waals surface area contributed by atoms with Gasteiger partial charge in [0.05, 0.1) is 11.6 Å². The van der Waals surface area contributed by atoms with E-state index in [4.69, 9.17) is 11.6 Å². The Morgan fingerprint density at radius 1 is 1.48 bits per heavy atom. The van der Waals surface area contributed by atoms with E-state index in [0.29, 0.717) is 22.5 Å². The molecule has 27 heavy (non-hydrogen) atoms. The molecule has 1 aliphatic heterocycles. The Hall–Kier alpha value is -2.07. The van der Waals surface area contributed by atoms with Crippen molar-refractivity contribution in [1.82, 2.24) is 20.6 Å². The monoisotopic (exact) mass is 418 g/mol. The van der Waals surface area contributed by atoms with E-state index in [1.165, 1.54) is 0 Å². The molecule has 1 aliphatic rings. The summed E-state index contributed by atoms with van der Waals surface area (Å²) in [5.41, 5.74) is -0.870. The van der Waals surface area contributed by atoms with Gasteiger partial charge in [-0.3, -0.25) is 4.99 Å². The molecule has 0 spiro atoms. The molecule has 3 rings (SSSR count). The molecule has 0 amide bonds. The predicted molar refractivity (Wildman–Crippen MR) is 100 cm³/mol. The summed E-state index contributed by atoms with van der Waals surface area (Å²) in [4.78, 5) is 14.1. The van der Waals surface area contributed by atoms with Gasteiger partial charge in [-0.05, 0) is 18.6 Å². The van der Waals surface area contributed by atoms with Gasteiger partial charge in [0.2, 0.25) is 0 Å². The van der Waals surface area contributed by atoms with Crippen molar-refractivity contribution in [2.75, 3.05) is 25.0 Å². The summed E-state index contributed by atoms with van der Waals surface area (Å²) in [7, 11) is 1.61. The summed E-state index contributed by atoms with van der Waals surface area (Å²) in [6.07, 6.45) is -1.86. The first-order chi connectivity index (χ1) is 12.9. The number of nitrogens with one attached hydrogen (secondary N) is 2. The van der Waals surface area contributed by atoms with Crippen LogP contribution >= 0.6 is 22.9 Å². The molecular formula is C16H18ClF3N6S. The van der Waals surface area contributed by atoms with Gasteiger partial charge in [-0.15, -0.1) is 11.3 Å². The van der Waals surface area contributed by atoms with Crippen LogP contribution in [0.25, 0.3) is 0 Å². The van der Waals surface area contributed by atoms with Gasteiger partial charge >= 0.3 is 6.18 Å². The summed E-state index contributed by atoms with van der Waals surface area (Å²) in [5.74, 6) is 1.26. The average molecular weight is 419 g/mol. The molecular weight excluding hydrogens is 401 g/mol. The Morgan fingerprint density at radius 3 is 2.96 bits per heavy atom. The van der Waals surface area contributed by atoms with Crippen LogP contribution in [0.2, 0.25) is 5.02 Å². The van der Waals surface area contributed by atoms with Gasteiger partial charge in [0.1, 0.15) is 10.8 Å². The van der Waals surface area contributed by atoms with E-state index in [9.17, 15) is 13.2 Å². The van der Waals surface area contributed by atoms with Crippen LogP contribution in [0.3, 0.4) is 0 Å². The first kappa shape index (κ1) is 19.7. The lowest BCUT2D eigenvalue weighted by atomic mass is 10.3. The fourth-order valence-corrected chi connectivity index (χ4v) is 3.73. The van der Waals surface area contributed by atoms with E-state index in [1.807, 2.05) is 0 Å². The molecule has 146 valence electrons. The second-order valence-electron chi connectivity index (χ2n) is 5.93. The Bertz CT molecular complexity index is 809. The van der Waals surface area contributed by atoms with Gasteiger partial charge in [-0.2, -0.15) is 13.2 Å². The molecule has 3 heterocycles. The lowest BCUT2D eigenvalue weighted by molar-refractivity contribution is -0.140. The van der Waals surface area contributed by atoms with Gasteiger partial charge < -0.3 is 15.5 Å². The molecule has 1 saturated heterocycles. The third-order valence-corrected chi connectivity index (χ3v) is 5.18. The molecule has 0 aromatic carbocycles. The fraction of sp³-hybridized carbons (Fsp3) is 0.438. The van der Waals surface area contributed by atoms with E-state index < -0.39 is 11.9 Å². The van der Waals surface area contributed by atoms with Crippen molar-refractivity contribution in [2.45, 2.75) is 25.2 Å². The summed E-state index contributed by atoms with van der Waals surface area (Å²) in [6, 6.07) is 3.71. The highest BCUT2D eigenvalue weighted by Gasteiger charge is 2.33. The van der Waals surface area contributed by atoms with Gasteiger partial charge in [0.25, 0.3) is 0 Å². The SMILES string of the molecule is CN=C(NCc1nc(C(F)(F)F)cs1)NC1CCN(c2ncccc2Cl)C1. The van der Waals surface area contributed by atoms with Gasteiger partial charge in [0.15, 0.2) is 11.7 Å². The highest BCUT2D eigenvalue weighted by molar-refractivity contribution is 7.09. The number of pyridine rings is 1. The minimum absolute atomic E-state index is 0.122. The van der Waals surface area contributed by atoms with Crippen LogP contribution in [0.15, 0.2) is 28.7 Å². The molecule has 11 heteroatoms. The molecule has 1 atom stereocenters. The number of thiazole rings is 1. The van der Waals surface area contributed by atoms with Crippen LogP contribution in [-0.2, 0) is 12.7 Å². The zero-order valence-electron chi connectivity index (χ0n) is 14.4. The molecule has 0 aliphatic carbocycles. The van der Waals surface area contributed by atoms with E-state index >= 15 is 0 Å². The number of hydrogen-bond donors (Lipinski definition) is 2. The van der Waals surface area contributed by atoms with Gasteiger partial charge in [-0.25, -0.2) is 9.97 Å². The molecule has 1 unspecified atom stereocenters. The third kappa shape index (κ3) is 5.01. The number of nitrogens with zero attached hydrogens (tertiary/aromatic N) is 4. The fourth-order valence-electron chi connectivity index (χ4n) is 2.75. The molecule has 2 N–H and O–H groups in total. The lowest BCUT2D eigenvalue weighted by Crippen LogP contribution is -2.44. The number of rotatable bonds is 4. The van der Waals surface area contributed by atoms with Crippen LogP contribution in [0.4, 0.5) is 19.0 Å². The van der Waals surface area contributed by atoms with Crippen LogP contribution in [0, 0.1) is 0 Å². The first-order valence-electron chi connectivity index (χ1n) is 8.21. The number of anilines is 1. The smallest absolute Gasteiger partial charge is 0.353 e. The summed E-state index contributed by atoms with van der Waals surface area (Å²) < 4.78 is 37.8. The normalized spacial score (nSPS) is 18.0.